The highest BCUT2D eigenvalue weighted by Crippen LogP contribution is 2.56. The number of rotatable bonds is 20. The van der Waals surface area contributed by atoms with E-state index in [4.69, 9.17) is 37.0 Å². The number of hydrogen-bond acceptors (Lipinski definition) is 12. The molecule has 6 aromatic rings. The molecule has 0 saturated carbocycles. The summed E-state index contributed by atoms with van der Waals surface area (Å²) < 4.78 is 46.4. The molecule has 6 aliphatic carbocycles. The van der Waals surface area contributed by atoms with Gasteiger partial charge in [-0.15, -0.1) is 6.58 Å². The first-order chi connectivity index (χ1) is 60.2. The minimum Gasteiger partial charge on any atom is -0.410 e. The summed E-state index contributed by atoms with van der Waals surface area (Å²) in [5, 5.41) is 52.2. The topological polar surface area (TPSA) is 166 Å². The number of aliphatic hydroxyl groups is 5. The fourth-order valence-electron chi connectivity index (χ4n) is 20.5. The van der Waals surface area contributed by atoms with E-state index in [1.54, 1.807) is 0 Å². The van der Waals surface area contributed by atoms with Crippen LogP contribution in [-0.2, 0) is 70.4 Å². The van der Waals surface area contributed by atoms with E-state index >= 15 is 0 Å². The molecule has 3 fully saturated rings. The second kappa shape index (κ2) is 43.8. The average Bonchev–Trinajstić information content (AvgIpc) is 1.69. The first-order valence-corrected chi connectivity index (χ1v) is 62.5. The highest BCUT2D eigenvalue weighted by atomic mass is 79.9. The second-order valence-corrected chi connectivity index (χ2v) is 69.1. The Balaban J connectivity index is 0.000000178. The Hall–Kier alpha value is -4.07. The zero-order chi connectivity index (χ0) is 96.3. The minimum absolute atomic E-state index is 0. The molecule has 3 aliphatic heterocycles. The van der Waals surface area contributed by atoms with E-state index in [1.165, 1.54) is 102 Å². The van der Waals surface area contributed by atoms with Gasteiger partial charge < -0.3 is 57.4 Å². The van der Waals surface area contributed by atoms with Gasteiger partial charge >= 0.3 is 0 Å². The maximum Gasteiger partial charge on any atom is 0.192 e. The Bertz CT molecular complexity index is 4650. The van der Waals surface area contributed by atoms with Crippen molar-refractivity contribution in [3.8, 4) is 0 Å². The van der Waals surface area contributed by atoms with Crippen molar-refractivity contribution >= 4 is 49.2 Å². The Morgan fingerprint density at radius 3 is 0.962 bits per heavy atom. The third kappa shape index (κ3) is 26.0. The monoisotopic (exact) mass is 1930 g/mol. The van der Waals surface area contributed by atoms with Gasteiger partial charge in [0.1, 0.15) is 0 Å². The molecule has 0 spiro atoms. The van der Waals surface area contributed by atoms with Crippen molar-refractivity contribution in [3.05, 3.63) is 221 Å². The molecule has 0 radical (unpaired) electrons. The molecule has 6 aromatic carbocycles. The Labute approximate surface area is 809 Å². The molecule has 15 rings (SSSR count). The van der Waals surface area contributed by atoms with Gasteiger partial charge in [0.2, 0.25) is 0 Å². The fourth-order valence-corrected chi connectivity index (χ4v) is 26.3. The molecule has 0 amide bonds. The van der Waals surface area contributed by atoms with E-state index in [9.17, 15) is 20.4 Å². The zero-order valence-corrected chi connectivity index (χ0v) is 92.3. The molecular formula is C114H181BrO12Si4. The van der Waals surface area contributed by atoms with Crippen LogP contribution in [0.2, 0.25) is 72.5 Å². The van der Waals surface area contributed by atoms with Crippen LogP contribution in [0.15, 0.2) is 126 Å². The van der Waals surface area contributed by atoms with Crippen LogP contribution in [0.1, 0.15) is 418 Å². The van der Waals surface area contributed by atoms with E-state index < -0.39 is 45.5 Å². The summed E-state index contributed by atoms with van der Waals surface area (Å²) in [5.41, 5.74) is 22.1. The lowest BCUT2D eigenvalue weighted by atomic mass is 9.76. The van der Waals surface area contributed by atoms with Gasteiger partial charge in [-0.05, 0) is 335 Å². The first-order valence-electron chi connectivity index (χ1n) is 50.1. The summed E-state index contributed by atoms with van der Waals surface area (Å²) in [6.07, 6.45) is 23.5. The Kier molecular flexibility index (Phi) is 36.9. The van der Waals surface area contributed by atoms with Crippen LogP contribution < -0.4 is 0 Å². The number of allylic oxidation sites excluding steroid dienone is 1. The van der Waals surface area contributed by atoms with Gasteiger partial charge in [0.05, 0.1) is 67.1 Å². The lowest BCUT2D eigenvalue weighted by molar-refractivity contribution is -0.0704. The van der Waals surface area contributed by atoms with E-state index in [0.29, 0.717) is 6.10 Å². The smallest absolute Gasteiger partial charge is 0.192 e. The molecule has 0 bridgehead atoms. The van der Waals surface area contributed by atoms with Crippen LogP contribution >= 0.6 is 15.9 Å². The predicted octanol–water partition coefficient (Wildman–Crippen LogP) is 31.6. The standard InChI is InChI=1S/C22H38O3Si.2C22H36O2Si.2C16H22O2.C15H23BrOSi.CH4/c1-21(2,3)26(6,7)25-19-13-12-16-17(19)10-8-11-18(16)20(24)22(4,5)14-9-15-23;1-21(2,3)25(6,7)24-19-13-12-16-17(19)10-8-11-18(16)20-22(4,5)14-9-15-23-20;1-9-15-22(5,6)20(23)18-12-10-11-17-16(18)13-14-19(17)24-25(7,8)21(2,3)4;2*1-16(2)9-4-10-18-15(16)13-6-3-5-12-11(13)7-8-14(12)17;1-15(2,3)18(4,5)17-14-10-9-11-12(14)7-6-8-13(11)16;/h8,10-11,19-20,23-24H,9,12-15H2,1-7H3;8,10-11,19-20H,9,12-15H2,1-7H3;9-12,19-20,23H,1,13-15H2,2-8H3;2*3,5-6,14-15,17H,4,7-10H2,1-2H3;6-8,14H,9-10H2,1-5H3;1H4/t3*19-,20?;14-,15+;14-,15-;14-;/m000000./s1. The summed E-state index contributed by atoms with van der Waals surface area (Å²) in [4.78, 5) is 0. The highest BCUT2D eigenvalue weighted by molar-refractivity contribution is 9.10. The van der Waals surface area contributed by atoms with Gasteiger partial charge in [0.25, 0.3) is 0 Å². The van der Waals surface area contributed by atoms with Gasteiger partial charge in [-0.3, -0.25) is 0 Å². The van der Waals surface area contributed by atoms with Crippen LogP contribution in [0.25, 0.3) is 0 Å². The van der Waals surface area contributed by atoms with Crippen LogP contribution in [0.3, 0.4) is 0 Å². The van der Waals surface area contributed by atoms with Gasteiger partial charge in [-0.2, -0.15) is 0 Å². The number of benzene rings is 6. The number of aliphatic hydroxyl groups excluding tert-OH is 5. The second-order valence-electron chi connectivity index (χ2n) is 49.2. The van der Waals surface area contributed by atoms with Gasteiger partial charge in [-0.1, -0.05) is 285 Å². The summed E-state index contributed by atoms with van der Waals surface area (Å²) in [7, 11) is -7.06. The quantitative estimate of drug-likeness (QED) is 0.0363. The van der Waals surface area contributed by atoms with Crippen molar-refractivity contribution in [2.24, 2.45) is 27.1 Å². The number of hydrogen-bond donors (Lipinski definition) is 5. The lowest BCUT2D eigenvalue weighted by Gasteiger charge is -2.40. The Morgan fingerprint density at radius 2 is 0.649 bits per heavy atom. The van der Waals surface area contributed by atoms with Crippen LogP contribution in [-0.4, -0.2) is 85.2 Å². The highest BCUT2D eigenvalue weighted by Gasteiger charge is 2.49. The lowest BCUT2D eigenvalue weighted by Crippen LogP contribution is -2.41. The van der Waals surface area contributed by atoms with Gasteiger partial charge in [0.15, 0.2) is 33.3 Å². The third-order valence-corrected chi connectivity index (χ3v) is 51.6. The van der Waals surface area contributed by atoms with Crippen LogP contribution in [0, 0.1) is 27.1 Å². The number of halogens is 1. The molecule has 3 saturated heterocycles. The minimum atomic E-state index is -1.83. The van der Waals surface area contributed by atoms with Gasteiger partial charge in [0, 0.05) is 30.9 Å². The normalized spacial score (nSPS) is 23.7. The zero-order valence-electron chi connectivity index (χ0n) is 86.7. The molecule has 5 N–H and O–H groups in total. The summed E-state index contributed by atoms with van der Waals surface area (Å²) in [5.74, 6) is 0. The summed E-state index contributed by atoms with van der Waals surface area (Å²) >= 11 is 3.65. The SMILES string of the molecule is C.C=CCC(C)(C)C(O)c1cccc2c1CC[C@@H]2O[Si](C)(C)C(C)(C)C.CC(C)(C)[Si](C)(C)O[C@H]1CCc2c(Br)cccc21.CC(C)(CCCO)C(O)c1cccc2c1CC[C@@H]2O[Si](C)(C)C(C)(C)C.CC1(C)CCCOC1c1cccc2c1CC[C@@H]2O[Si](C)(C)C(C)(C)C.CC1(C)CCCO[C@@H]1c1cccc2c1CC[C@@H]2O.CC1(C)CCCO[C@H]1c1cccc2c1CC[C@@H]2O. The first kappa shape index (κ1) is 111. The van der Waals surface area contributed by atoms with E-state index in [0.717, 1.165) is 151 Å². The fraction of sp³-hybridized carbons (Fsp3) is 0.667. The van der Waals surface area contributed by atoms with E-state index in [1.807, 2.05) is 6.08 Å². The molecular weight excluding hydrogens is 1750 g/mol. The van der Waals surface area contributed by atoms with Crippen LogP contribution in [0.4, 0.5) is 0 Å². The van der Waals surface area contributed by atoms with Crippen molar-refractivity contribution in [2.45, 2.75) is 434 Å². The summed E-state index contributed by atoms with van der Waals surface area (Å²) in [6.45, 7) is 75.1. The van der Waals surface area contributed by atoms with Crippen molar-refractivity contribution < 1.29 is 57.4 Å². The number of ether oxygens (including phenoxy) is 3. The van der Waals surface area contributed by atoms with Crippen molar-refractivity contribution in [1.82, 2.24) is 0 Å². The molecule has 3 unspecified atom stereocenters. The van der Waals surface area contributed by atoms with E-state index in [-0.39, 0.29) is 110 Å². The maximum absolute atomic E-state index is 11.1. The molecule has 3 heterocycles. The molecule has 732 valence electrons. The molecule has 0 aromatic heterocycles. The number of fused-ring (bicyclic) bond motifs is 6. The Morgan fingerprint density at radius 1 is 0.389 bits per heavy atom. The third-order valence-electron chi connectivity index (χ3n) is 32.9. The molecule has 12 nitrogen and oxygen atoms in total. The molecule has 11 atom stereocenters. The molecule has 17 heteroatoms. The van der Waals surface area contributed by atoms with Crippen molar-refractivity contribution in [2.75, 3.05) is 26.4 Å². The maximum atomic E-state index is 11.1. The molecule has 131 heavy (non-hydrogen) atoms. The van der Waals surface area contributed by atoms with Crippen molar-refractivity contribution in [3.63, 3.8) is 0 Å². The summed E-state index contributed by atoms with van der Waals surface area (Å²) in [6, 6.07) is 38.6. The molecule has 9 aliphatic rings. The predicted molar refractivity (Wildman–Crippen MR) is 561 cm³/mol. The van der Waals surface area contributed by atoms with E-state index in [2.05, 4.69) is 336 Å². The average molecular weight is 1940 g/mol. The van der Waals surface area contributed by atoms with Crippen molar-refractivity contribution in [1.29, 1.82) is 0 Å². The van der Waals surface area contributed by atoms with Gasteiger partial charge in [-0.25, -0.2) is 0 Å². The largest absolute Gasteiger partial charge is 0.410 e. The van der Waals surface area contributed by atoms with Crippen LogP contribution in [0.5, 0.6) is 0 Å².